The molecule has 0 atom stereocenters. The summed E-state index contributed by atoms with van der Waals surface area (Å²) in [7, 11) is -1.60. The first-order valence-electron chi connectivity index (χ1n) is 7.31. The Morgan fingerprint density at radius 3 is 2.29 bits per heavy atom. The lowest BCUT2D eigenvalue weighted by Gasteiger charge is -2.19. The molecule has 0 amide bonds. The van der Waals surface area contributed by atoms with Crippen molar-refractivity contribution in [3.8, 4) is 0 Å². The van der Waals surface area contributed by atoms with E-state index in [9.17, 15) is 8.42 Å². The van der Waals surface area contributed by atoms with E-state index in [4.69, 9.17) is 0 Å². The number of hydrogen-bond acceptors (Lipinski definition) is 3. The topological polar surface area (TPSA) is 58.2 Å². The summed E-state index contributed by atoms with van der Waals surface area (Å²) < 4.78 is 27.8. The summed E-state index contributed by atoms with van der Waals surface area (Å²) in [6, 6.07) is 3.79. The Morgan fingerprint density at radius 1 is 1.14 bits per heavy atom. The van der Waals surface area contributed by atoms with E-state index < -0.39 is 10.0 Å². The third-order valence-electron chi connectivity index (χ3n) is 3.52. The highest BCUT2D eigenvalue weighted by Crippen LogP contribution is 2.22. The van der Waals surface area contributed by atoms with Gasteiger partial charge in [0.15, 0.2) is 0 Å². The first kappa shape index (κ1) is 18.1. The Bertz CT molecular complexity index is 587. The lowest BCUT2D eigenvalue weighted by atomic mass is 9.93. The van der Waals surface area contributed by atoms with Crippen molar-refractivity contribution in [3.05, 3.63) is 28.8 Å². The summed E-state index contributed by atoms with van der Waals surface area (Å²) in [5.74, 6) is 0. The summed E-state index contributed by atoms with van der Waals surface area (Å²) in [4.78, 5) is 0.390. The molecule has 0 saturated heterocycles. The standard InChI is InChI=1S/C16H28N2O2S/c1-12-9-14(11-17-6)10-15(13(12)2)21(19,20)18-8-7-16(3,4)5/h9-10,17-18H,7-8,11H2,1-6H3. The molecular weight excluding hydrogens is 284 g/mol. The van der Waals surface area contributed by atoms with Crippen LogP contribution in [0, 0.1) is 19.3 Å². The molecule has 0 unspecified atom stereocenters. The van der Waals surface area contributed by atoms with Crippen LogP contribution in [0.1, 0.15) is 43.9 Å². The van der Waals surface area contributed by atoms with Crippen LogP contribution in [0.2, 0.25) is 0 Å². The molecule has 0 saturated carbocycles. The predicted molar refractivity (Wildman–Crippen MR) is 87.9 cm³/mol. The van der Waals surface area contributed by atoms with E-state index in [-0.39, 0.29) is 5.41 Å². The van der Waals surface area contributed by atoms with Gasteiger partial charge in [0.25, 0.3) is 0 Å². The van der Waals surface area contributed by atoms with Crippen LogP contribution in [0.15, 0.2) is 17.0 Å². The van der Waals surface area contributed by atoms with Crippen LogP contribution in [-0.4, -0.2) is 22.0 Å². The highest BCUT2D eigenvalue weighted by molar-refractivity contribution is 7.89. The lowest BCUT2D eigenvalue weighted by molar-refractivity contribution is 0.378. The highest BCUT2D eigenvalue weighted by Gasteiger charge is 2.20. The maximum Gasteiger partial charge on any atom is 0.240 e. The SMILES string of the molecule is CNCc1cc(C)c(C)c(S(=O)(=O)NCCC(C)(C)C)c1. The van der Waals surface area contributed by atoms with Gasteiger partial charge in [0, 0.05) is 13.1 Å². The van der Waals surface area contributed by atoms with Crippen LogP contribution in [0.4, 0.5) is 0 Å². The third kappa shape index (κ3) is 5.41. The van der Waals surface area contributed by atoms with Crippen LogP contribution in [0.5, 0.6) is 0 Å². The zero-order chi connectivity index (χ0) is 16.3. The van der Waals surface area contributed by atoms with Crippen molar-refractivity contribution in [1.29, 1.82) is 0 Å². The first-order chi connectivity index (χ1) is 9.57. The van der Waals surface area contributed by atoms with E-state index in [0.29, 0.717) is 18.0 Å². The minimum absolute atomic E-state index is 0.113. The van der Waals surface area contributed by atoms with Gasteiger partial charge in [-0.05, 0) is 55.5 Å². The monoisotopic (exact) mass is 312 g/mol. The van der Waals surface area contributed by atoms with Gasteiger partial charge < -0.3 is 5.32 Å². The molecule has 0 heterocycles. The molecule has 0 aliphatic rings. The number of nitrogens with one attached hydrogen (secondary N) is 2. The van der Waals surface area contributed by atoms with Gasteiger partial charge in [-0.1, -0.05) is 26.8 Å². The third-order valence-corrected chi connectivity index (χ3v) is 5.10. The molecule has 21 heavy (non-hydrogen) atoms. The van der Waals surface area contributed by atoms with Gasteiger partial charge in [-0.3, -0.25) is 0 Å². The molecule has 0 aliphatic heterocycles. The smallest absolute Gasteiger partial charge is 0.240 e. The fraction of sp³-hybridized carbons (Fsp3) is 0.625. The predicted octanol–water partition coefficient (Wildman–Crippen LogP) is 2.74. The van der Waals surface area contributed by atoms with E-state index >= 15 is 0 Å². The Hall–Kier alpha value is -0.910. The first-order valence-corrected chi connectivity index (χ1v) is 8.79. The molecule has 5 heteroatoms. The van der Waals surface area contributed by atoms with E-state index in [0.717, 1.165) is 23.1 Å². The quantitative estimate of drug-likeness (QED) is 0.849. The van der Waals surface area contributed by atoms with Crippen molar-refractivity contribution < 1.29 is 8.42 Å². The Labute approximate surface area is 129 Å². The molecule has 0 aromatic heterocycles. The molecule has 1 rings (SSSR count). The summed E-state index contributed by atoms with van der Waals surface area (Å²) >= 11 is 0. The molecule has 2 N–H and O–H groups in total. The fourth-order valence-corrected chi connectivity index (χ4v) is 3.52. The molecular formula is C16H28N2O2S. The molecule has 1 aromatic rings. The maximum absolute atomic E-state index is 12.5. The van der Waals surface area contributed by atoms with Crippen LogP contribution in [-0.2, 0) is 16.6 Å². The molecule has 1 aromatic carbocycles. The second-order valence-corrected chi connectivity index (χ2v) is 8.51. The minimum Gasteiger partial charge on any atom is -0.316 e. The Morgan fingerprint density at radius 2 is 1.76 bits per heavy atom. The molecule has 0 bridgehead atoms. The lowest BCUT2D eigenvalue weighted by Crippen LogP contribution is -2.28. The van der Waals surface area contributed by atoms with Crippen LogP contribution in [0.3, 0.4) is 0 Å². The Balaban J connectivity index is 3.02. The van der Waals surface area contributed by atoms with Gasteiger partial charge in [-0.25, -0.2) is 13.1 Å². The molecule has 0 radical (unpaired) electrons. The van der Waals surface area contributed by atoms with Crippen molar-refractivity contribution in [2.75, 3.05) is 13.6 Å². The molecule has 0 fully saturated rings. The van der Waals surface area contributed by atoms with E-state index in [1.807, 2.05) is 27.0 Å². The van der Waals surface area contributed by atoms with Gasteiger partial charge in [0.1, 0.15) is 0 Å². The number of hydrogen-bond donors (Lipinski definition) is 2. The molecule has 0 spiro atoms. The maximum atomic E-state index is 12.5. The van der Waals surface area contributed by atoms with Crippen LogP contribution < -0.4 is 10.0 Å². The summed E-state index contributed by atoms with van der Waals surface area (Å²) in [5, 5.41) is 3.06. The van der Waals surface area contributed by atoms with Crippen molar-refractivity contribution in [2.45, 2.75) is 52.5 Å². The average Bonchev–Trinajstić information content (AvgIpc) is 2.31. The van der Waals surface area contributed by atoms with Crippen molar-refractivity contribution >= 4 is 10.0 Å². The molecule has 4 nitrogen and oxygen atoms in total. The van der Waals surface area contributed by atoms with Gasteiger partial charge in [-0.2, -0.15) is 0 Å². The second kappa shape index (κ2) is 6.90. The van der Waals surface area contributed by atoms with Gasteiger partial charge >= 0.3 is 0 Å². The van der Waals surface area contributed by atoms with E-state index in [1.165, 1.54) is 0 Å². The number of benzene rings is 1. The van der Waals surface area contributed by atoms with Crippen molar-refractivity contribution in [1.82, 2.24) is 10.0 Å². The molecule has 120 valence electrons. The fourth-order valence-electron chi connectivity index (χ4n) is 2.12. The number of aryl methyl sites for hydroxylation is 1. The zero-order valence-electron chi connectivity index (χ0n) is 14.0. The minimum atomic E-state index is -3.45. The number of sulfonamides is 1. The highest BCUT2D eigenvalue weighted by atomic mass is 32.2. The van der Waals surface area contributed by atoms with Gasteiger partial charge in [0.05, 0.1) is 4.90 Å². The summed E-state index contributed by atoms with van der Waals surface area (Å²) in [6.45, 7) is 11.2. The Kier molecular flexibility index (Phi) is 5.96. The normalized spacial score (nSPS) is 12.7. The summed E-state index contributed by atoms with van der Waals surface area (Å²) in [5.41, 5.74) is 2.91. The average molecular weight is 312 g/mol. The van der Waals surface area contributed by atoms with Crippen LogP contribution in [0.25, 0.3) is 0 Å². The number of rotatable bonds is 6. The van der Waals surface area contributed by atoms with E-state index in [1.54, 1.807) is 6.07 Å². The largest absolute Gasteiger partial charge is 0.316 e. The second-order valence-electron chi connectivity index (χ2n) is 6.77. The van der Waals surface area contributed by atoms with Crippen LogP contribution >= 0.6 is 0 Å². The molecule has 0 aliphatic carbocycles. The zero-order valence-corrected chi connectivity index (χ0v) is 14.8. The van der Waals surface area contributed by atoms with Crippen molar-refractivity contribution in [3.63, 3.8) is 0 Å². The van der Waals surface area contributed by atoms with Gasteiger partial charge in [-0.15, -0.1) is 0 Å². The summed E-state index contributed by atoms with van der Waals surface area (Å²) in [6.07, 6.45) is 0.806. The van der Waals surface area contributed by atoms with E-state index in [2.05, 4.69) is 30.8 Å². The van der Waals surface area contributed by atoms with Crippen molar-refractivity contribution in [2.24, 2.45) is 5.41 Å². The van der Waals surface area contributed by atoms with Gasteiger partial charge in [0.2, 0.25) is 10.0 Å².